The van der Waals surface area contributed by atoms with E-state index in [1.807, 2.05) is 12.1 Å². The van der Waals surface area contributed by atoms with Crippen molar-refractivity contribution in [3.63, 3.8) is 0 Å². The first-order valence-electron chi connectivity index (χ1n) is 11.5. The van der Waals surface area contributed by atoms with Gasteiger partial charge in [-0.2, -0.15) is 0 Å². The predicted octanol–water partition coefficient (Wildman–Crippen LogP) is 5.23. The lowest BCUT2D eigenvalue weighted by molar-refractivity contribution is -0.146. The molecule has 5 atom stereocenters. The average Bonchev–Trinajstić information content (AvgIpc) is 3.01. The smallest absolute Gasteiger partial charge is 0.310 e. The third kappa shape index (κ3) is 3.53. The van der Waals surface area contributed by atoms with Crippen LogP contribution in [0.4, 0.5) is 4.39 Å². The van der Waals surface area contributed by atoms with Crippen LogP contribution < -0.4 is 0 Å². The van der Waals surface area contributed by atoms with E-state index >= 15 is 0 Å². The van der Waals surface area contributed by atoms with E-state index in [2.05, 4.69) is 24.5 Å². The molecule has 2 heterocycles. The van der Waals surface area contributed by atoms with Gasteiger partial charge in [0.25, 0.3) is 0 Å². The molecule has 0 unspecified atom stereocenters. The highest BCUT2D eigenvalue weighted by molar-refractivity contribution is 5.76. The summed E-state index contributed by atoms with van der Waals surface area (Å²) in [6.45, 7) is 9.32. The van der Waals surface area contributed by atoms with Gasteiger partial charge in [-0.25, -0.2) is 4.39 Å². The molecule has 0 amide bonds. The molecule has 4 aliphatic rings. The lowest BCUT2D eigenvalue weighted by Crippen LogP contribution is -2.46. The first-order chi connectivity index (χ1) is 14.4. The van der Waals surface area contributed by atoms with Crippen LogP contribution in [0.3, 0.4) is 0 Å². The number of ether oxygens (including phenoxy) is 1. The van der Waals surface area contributed by atoms with Crippen molar-refractivity contribution in [3.8, 4) is 0 Å². The zero-order chi connectivity index (χ0) is 20.9. The second kappa shape index (κ2) is 7.64. The topological polar surface area (TPSA) is 29.5 Å². The van der Waals surface area contributed by atoms with Crippen LogP contribution in [-0.2, 0) is 9.53 Å². The maximum Gasteiger partial charge on any atom is 0.310 e. The standard InChI is InChI=1S/C26H32FNO2/c1-17-4-3-11-26(2)15-24-21(14-23(17)26)22(25(29)30-24)16-28-12-9-19(10-13-28)18-5-7-20(27)8-6-18/h5-9,21-24H,1,3-4,10-16H2,2H3/t21-,22+,23+,24-,26-/m1/s1. The minimum atomic E-state index is -0.199. The first-order valence-corrected chi connectivity index (χ1v) is 11.5. The number of allylic oxidation sites excluding steroid dienone is 1. The van der Waals surface area contributed by atoms with Crippen molar-refractivity contribution in [2.45, 2.75) is 51.6 Å². The van der Waals surface area contributed by atoms with Crippen LogP contribution in [-0.4, -0.2) is 36.6 Å². The third-order valence-electron chi connectivity index (χ3n) is 8.28. The van der Waals surface area contributed by atoms with Crippen LogP contribution in [0.5, 0.6) is 0 Å². The maximum absolute atomic E-state index is 13.2. The van der Waals surface area contributed by atoms with Crippen molar-refractivity contribution in [2.75, 3.05) is 19.6 Å². The van der Waals surface area contributed by atoms with Gasteiger partial charge in [0.15, 0.2) is 0 Å². The molecule has 4 heteroatoms. The van der Waals surface area contributed by atoms with E-state index in [1.54, 1.807) is 0 Å². The summed E-state index contributed by atoms with van der Waals surface area (Å²) in [7, 11) is 0. The second-order valence-electron chi connectivity index (χ2n) is 10.1. The molecule has 1 saturated heterocycles. The fourth-order valence-electron chi connectivity index (χ4n) is 6.55. The fraction of sp³-hybridized carbons (Fsp3) is 0.577. The summed E-state index contributed by atoms with van der Waals surface area (Å²) in [5, 5.41) is 0. The lowest BCUT2D eigenvalue weighted by atomic mass is 9.55. The molecule has 1 aromatic carbocycles. The Labute approximate surface area is 179 Å². The average molecular weight is 410 g/mol. The minimum Gasteiger partial charge on any atom is -0.462 e. The third-order valence-corrected chi connectivity index (χ3v) is 8.28. The van der Waals surface area contributed by atoms with Gasteiger partial charge in [-0.05, 0) is 73.1 Å². The number of halogens is 1. The van der Waals surface area contributed by atoms with Crippen LogP contribution in [0, 0.1) is 29.0 Å². The minimum absolute atomic E-state index is 0.00571. The number of carbonyl (C=O) groups excluding carboxylic acids is 1. The molecule has 0 spiro atoms. The summed E-state index contributed by atoms with van der Waals surface area (Å²) >= 11 is 0. The van der Waals surface area contributed by atoms with E-state index in [0.29, 0.717) is 11.8 Å². The highest BCUT2D eigenvalue weighted by Crippen LogP contribution is 2.57. The predicted molar refractivity (Wildman–Crippen MR) is 116 cm³/mol. The van der Waals surface area contributed by atoms with Crippen LogP contribution in [0.15, 0.2) is 42.5 Å². The van der Waals surface area contributed by atoms with Crippen molar-refractivity contribution >= 4 is 11.5 Å². The molecule has 2 saturated carbocycles. The van der Waals surface area contributed by atoms with Crippen LogP contribution in [0.2, 0.25) is 0 Å². The Morgan fingerprint density at radius 1 is 1.27 bits per heavy atom. The first kappa shape index (κ1) is 20.0. The molecular formula is C26H32FNO2. The Morgan fingerprint density at radius 3 is 2.80 bits per heavy atom. The molecule has 160 valence electrons. The Hall–Kier alpha value is -1.94. The van der Waals surface area contributed by atoms with Gasteiger partial charge < -0.3 is 4.74 Å². The lowest BCUT2D eigenvalue weighted by Gasteiger charge is -2.50. The van der Waals surface area contributed by atoms with Crippen molar-refractivity contribution in [3.05, 3.63) is 53.9 Å². The SMILES string of the molecule is C=C1CCC[C@]2(C)C[C@H]3OC(=O)[C@@H](CN4CC=C(c5ccc(F)cc5)CC4)[C@H]3C[C@@H]12. The van der Waals surface area contributed by atoms with Gasteiger partial charge in [0.2, 0.25) is 0 Å². The Kier molecular flexibility index (Phi) is 5.09. The molecule has 0 bridgehead atoms. The van der Waals surface area contributed by atoms with Gasteiger partial charge in [-0.1, -0.05) is 37.3 Å². The number of rotatable bonds is 3. The monoisotopic (exact) mass is 409 g/mol. The maximum atomic E-state index is 13.2. The Bertz CT molecular complexity index is 876. The van der Waals surface area contributed by atoms with Crippen LogP contribution >= 0.6 is 0 Å². The molecule has 30 heavy (non-hydrogen) atoms. The number of fused-ring (bicyclic) bond motifs is 2. The molecule has 0 radical (unpaired) electrons. The van der Waals surface area contributed by atoms with Crippen LogP contribution in [0.25, 0.3) is 5.57 Å². The van der Waals surface area contributed by atoms with Gasteiger partial charge in [-0.3, -0.25) is 9.69 Å². The van der Waals surface area contributed by atoms with Crippen molar-refractivity contribution < 1.29 is 13.9 Å². The highest BCUT2D eigenvalue weighted by atomic mass is 19.1. The second-order valence-corrected chi connectivity index (χ2v) is 10.1. The summed E-state index contributed by atoms with van der Waals surface area (Å²) in [5.74, 6) is 0.653. The number of nitrogens with zero attached hydrogens (tertiary/aromatic N) is 1. The largest absolute Gasteiger partial charge is 0.462 e. The van der Waals surface area contributed by atoms with Gasteiger partial charge in [0, 0.05) is 25.6 Å². The molecule has 0 aromatic heterocycles. The van der Waals surface area contributed by atoms with E-state index < -0.39 is 0 Å². The van der Waals surface area contributed by atoms with E-state index in [9.17, 15) is 9.18 Å². The van der Waals surface area contributed by atoms with Gasteiger partial charge in [0.1, 0.15) is 11.9 Å². The van der Waals surface area contributed by atoms with Crippen molar-refractivity contribution in [2.24, 2.45) is 23.2 Å². The molecule has 0 N–H and O–H groups in total. The Balaban J connectivity index is 1.26. The summed E-state index contributed by atoms with van der Waals surface area (Å²) in [5.41, 5.74) is 4.01. The zero-order valence-corrected chi connectivity index (χ0v) is 17.9. The van der Waals surface area contributed by atoms with Gasteiger partial charge in [-0.15, -0.1) is 0 Å². The molecule has 2 aliphatic heterocycles. The summed E-state index contributed by atoms with van der Waals surface area (Å²) in [6.07, 6.45) is 8.89. The number of benzene rings is 1. The van der Waals surface area contributed by atoms with Gasteiger partial charge in [0.05, 0.1) is 5.92 Å². The fourth-order valence-corrected chi connectivity index (χ4v) is 6.55. The van der Waals surface area contributed by atoms with Crippen LogP contribution in [0.1, 0.15) is 51.0 Å². The molecule has 2 aliphatic carbocycles. The van der Waals surface area contributed by atoms with E-state index in [4.69, 9.17) is 4.74 Å². The summed E-state index contributed by atoms with van der Waals surface area (Å²) in [6, 6.07) is 6.75. The quantitative estimate of drug-likeness (QED) is 0.506. The van der Waals surface area contributed by atoms with E-state index in [1.165, 1.54) is 36.1 Å². The number of hydrogen-bond acceptors (Lipinski definition) is 3. The van der Waals surface area contributed by atoms with Crippen molar-refractivity contribution in [1.82, 2.24) is 4.90 Å². The van der Waals surface area contributed by atoms with E-state index in [-0.39, 0.29) is 29.2 Å². The molecule has 5 rings (SSSR count). The zero-order valence-electron chi connectivity index (χ0n) is 17.9. The van der Waals surface area contributed by atoms with Crippen molar-refractivity contribution in [1.29, 1.82) is 0 Å². The Morgan fingerprint density at radius 2 is 2.07 bits per heavy atom. The molecular weight excluding hydrogens is 377 g/mol. The normalized spacial score (nSPS) is 36.7. The molecule has 3 nitrogen and oxygen atoms in total. The number of carbonyl (C=O) groups is 1. The van der Waals surface area contributed by atoms with Gasteiger partial charge >= 0.3 is 5.97 Å². The highest BCUT2D eigenvalue weighted by Gasteiger charge is 2.55. The van der Waals surface area contributed by atoms with E-state index in [0.717, 1.165) is 50.9 Å². The molecule has 3 fully saturated rings. The summed E-state index contributed by atoms with van der Waals surface area (Å²) in [4.78, 5) is 15.2. The number of hydrogen-bond donors (Lipinski definition) is 0. The summed E-state index contributed by atoms with van der Waals surface area (Å²) < 4.78 is 19.1. The molecule has 1 aromatic rings. The number of esters is 1.